The minimum Gasteiger partial charge on any atom is -0.340 e. The summed E-state index contributed by atoms with van der Waals surface area (Å²) in [6, 6.07) is 11.2. The highest BCUT2D eigenvalue weighted by molar-refractivity contribution is 7.10. The van der Waals surface area contributed by atoms with Crippen LogP contribution in [-0.2, 0) is 14.1 Å². The highest BCUT2D eigenvalue weighted by Gasteiger charge is 2.42. The van der Waals surface area contributed by atoms with E-state index in [4.69, 9.17) is 0 Å². The van der Waals surface area contributed by atoms with Crippen LogP contribution in [0.3, 0.4) is 0 Å². The molecular weight excluding hydrogens is 362 g/mol. The van der Waals surface area contributed by atoms with Gasteiger partial charge in [0.1, 0.15) is 5.82 Å². The molecule has 1 atom stereocenters. The number of fused-ring (bicyclic) bond motifs is 3. The topological polar surface area (TPSA) is 73.1 Å². The number of Topliss-reactive ketones (excluding diaryl/α,β-unsaturated/α-hetero) is 1. The second kappa shape index (κ2) is 5.40. The zero-order valence-electron chi connectivity index (χ0n) is 14.6. The van der Waals surface area contributed by atoms with Gasteiger partial charge in [-0.3, -0.25) is 18.7 Å². The molecule has 0 bridgehead atoms. The minimum absolute atomic E-state index is 0.0759. The summed E-state index contributed by atoms with van der Waals surface area (Å²) in [4.78, 5) is 39.6. The van der Waals surface area contributed by atoms with Gasteiger partial charge in [0.05, 0.1) is 17.2 Å². The summed E-state index contributed by atoms with van der Waals surface area (Å²) < 4.78 is 2.53. The average molecular weight is 377 g/mol. The SMILES string of the molecule is Cn1c2c(c(=O)n(C)c1=O)[C@H](c1cccs1)C1=C(N2)c2ccccc2C1=O. The molecule has 134 valence electrons. The molecule has 1 aliphatic heterocycles. The van der Waals surface area contributed by atoms with Crippen LogP contribution in [0.15, 0.2) is 56.9 Å². The van der Waals surface area contributed by atoms with Crippen molar-refractivity contribution < 1.29 is 4.79 Å². The van der Waals surface area contributed by atoms with Crippen molar-refractivity contribution in [2.75, 3.05) is 5.32 Å². The maximum atomic E-state index is 13.2. The van der Waals surface area contributed by atoms with Gasteiger partial charge in [-0.15, -0.1) is 11.3 Å². The summed E-state index contributed by atoms with van der Waals surface area (Å²) in [5.41, 5.74) is 2.32. The summed E-state index contributed by atoms with van der Waals surface area (Å²) in [7, 11) is 3.10. The second-order valence-electron chi connectivity index (χ2n) is 6.70. The Bertz CT molecular complexity index is 1280. The monoisotopic (exact) mass is 377 g/mol. The lowest BCUT2D eigenvalue weighted by atomic mass is 9.85. The fourth-order valence-electron chi connectivity index (χ4n) is 4.00. The number of aromatic nitrogens is 2. The largest absolute Gasteiger partial charge is 0.340 e. The zero-order chi connectivity index (χ0) is 18.9. The van der Waals surface area contributed by atoms with Gasteiger partial charge in [0, 0.05) is 35.7 Å². The van der Waals surface area contributed by atoms with E-state index in [0.717, 1.165) is 15.0 Å². The molecule has 0 saturated heterocycles. The highest BCUT2D eigenvalue weighted by atomic mass is 32.1. The van der Waals surface area contributed by atoms with Gasteiger partial charge in [-0.25, -0.2) is 4.79 Å². The maximum Gasteiger partial charge on any atom is 0.332 e. The molecule has 0 unspecified atom stereocenters. The first-order valence-electron chi connectivity index (χ1n) is 8.49. The van der Waals surface area contributed by atoms with Gasteiger partial charge in [-0.05, 0) is 11.4 Å². The van der Waals surface area contributed by atoms with Crippen LogP contribution in [0.2, 0.25) is 0 Å². The first-order valence-corrected chi connectivity index (χ1v) is 9.37. The molecule has 2 aliphatic rings. The van der Waals surface area contributed by atoms with Crippen LogP contribution >= 0.6 is 11.3 Å². The molecule has 6 nitrogen and oxygen atoms in total. The van der Waals surface area contributed by atoms with Crippen molar-refractivity contribution in [1.29, 1.82) is 0 Å². The van der Waals surface area contributed by atoms with Crippen LogP contribution in [0.5, 0.6) is 0 Å². The molecule has 7 heteroatoms. The molecule has 5 rings (SSSR count). The van der Waals surface area contributed by atoms with Crippen molar-refractivity contribution in [2.45, 2.75) is 5.92 Å². The van der Waals surface area contributed by atoms with E-state index >= 15 is 0 Å². The van der Waals surface area contributed by atoms with Crippen LogP contribution in [0, 0.1) is 0 Å². The molecule has 1 aliphatic carbocycles. The van der Waals surface area contributed by atoms with E-state index in [1.54, 1.807) is 13.1 Å². The summed E-state index contributed by atoms with van der Waals surface area (Å²) in [5, 5.41) is 5.15. The molecule has 0 radical (unpaired) electrons. The molecule has 0 fully saturated rings. The quantitative estimate of drug-likeness (QED) is 0.706. The normalized spacial score (nSPS) is 17.4. The molecule has 0 spiro atoms. The average Bonchev–Trinajstić information content (AvgIpc) is 3.31. The van der Waals surface area contributed by atoms with E-state index in [1.807, 2.05) is 35.7 Å². The van der Waals surface area contributed by atoms with Crippen molar-refractivity contribution in [1.82, 2.24) is 9.13 Å². The molecule has 0 amide bonds. The van der Waals surface area contributed by atoms with E-state index in [9.17, 15) is 14.4 Å². The Labute approximate surface area is 158 Å². The molecular formula is C20H15N3O3S. The number of hydrogen-bond donors (Lipinski definition) is 1. The molecule has 2 aromatic heterocycles. The molecule has 0 saturated carbocycles. The van der Waals surface area contributed by atoms with E-state index in [1.165, 1.54) is 23.0 Å². The number of anilines is 1. The van der Waals surface area contributed by atoms with Crippen molar-refractivity contribution in [3.8, 4) is 0 Å². The Hall–Kier alpha value is -3.19. The van der Waals surface area contributed by atoms with Gasteiger partial charge < -0.3 is 5.32 Å². The van der Waals surface area contributed by atoms with E-state index < -0.39 is 11.6 Å². The van der Waals surface area contributed by atoms with Gasteiger partial charge in [-0.2, -0.15) is 0 Å². The summed E-state index contributed by atoms with van der Waals surface area (Å²) in [5.74, 6) is -0.126. The fraction of sp³-hybridized carbons (Fsp3) is 0.150. The second-order valence-corrected chi connectivity index (χ2v) is 7.68. The number of hydrogen-bond acceptors (Lipinski definition) is 5. The smallest absolute Gasteiger partial charge is 0.332 e. The lowest BCUT2D eigenvalue weighted by Crippen LogP contribution is -2.42. The van der Waals surface area contributed by atoms with Gasteiger partial charge in [-0.1, -0.05) is 30.3 Å². The standard InChI is InChI=1S/C20H15N3O3S/c1-22-18-15(19(25)23(2)20(22)26)13(12-8-5-9-27-12)14-16(21-18)10-6-3-4-7-11(10)17(14)24/h3-9,13,21H,1-2H3/t13-/m1/s1. The third-order valence-electron chi connectivity index (χ3n) is 5.30. The third kappa shape index (κ3) is 1.97. The van der Waals surface area contributed by atoms with Crippen LogP contribution in [0.1, 0.15) is 32.3 Å². The molecule has 3 heterocycles. The number of rotatable bonds is 1. The number of carbonyl (C=O) groups is 1. The summed E-state index contributed by atoms with van der Waals surface area (Å²) in [6.07, 6.45) is 0. The van der Waals surface area contributed by atoms with E-state index in [2.05, 4.69) is 5.32 Å². The Morgan fingerprint density at radius 3 is 2.41 bits per heavy atom. The Balaban J connectivity index is 1.90. The zero-order valence-corrected chi connectivity index (χ0v) is 15.5. The van der Waals surface area contributed by atoms with Crippen molar-refractivity contribution in [3.63, 3.8) is 0 Å². The number of nitrogens with zero attached hydrogens (tertiary/aromatic N) is 2. The molecule has 1 aromatic carbocycles. The van der Waals surface area contributed by atoms with Gasteiger partial charge in [0.15, 0.2) is 5.78 Å². The Morgan fingerprint density at radius 2 is 1.70 bits per heavy atom. The summed E-state index contributed by atoms with van der Waals surface area (Å²) in [6.45, 7) is 0. The first-order chi connectivity index (χ1) is 13.0. The minimum atomic E-state index is -0.498. The van der Waals surface area contributed by atoms with Crippen molar-refractivity contribution in [2.24, 2.45) is 14.1 Å². The van der Waals surface area contributed by atoms with Crippen LogP contribution < -0.4 is 16.6 Å². The van der Waals surface area contributed by atoms with Gasteiger partial charge in [0.2, 0.25) is 0 Å². The fourth-order valence-corrected chi connectivity index (χ4v) is 4.84. The predicted octanol–water partition coefficient (Wildman–Crippen LogP) is 2.31. The highest BCUT2D eigenvalue weighted by Crippen LogP contribution is 2.48. The lowest BCUT2D eigenvalue weighted by molar-refractivity contribution is 0.103. The number of nitrogens with one attached hydrogen (secondary N) is 1. The number of thiophene rings is 1. The molecule has 27 heavy (non-hydrogen) atoms. The number of ketones is 1. The van der Waals surface area contributed by atoms with Crippen LogP contribution in [-0.4, -0.2) is 14.9 Å². The first kappa shape index (κ1) is 16.0. The lowest BCUT2D eigenvalue weighted by Gasteiger charge is -2.28. The van der Waals surface area contributed by atoms with Gasteiger partial charge in [0.25, 0.3) is 5.56 Å². The number of allylic oxidation sites excluding steroid dienone is 1. The van der Waals surface area contributed by atoms with Gasteiger partial charge >= 0.3 is 5.69 Å². The van der Waals surface area contributed by atoms with E-state index in [-0.39, 0.29) is 11.3 Å². The maximum absolute atomic E-state index is 13.2. The van der Waals surface area contributed by atoms with Crippen molar-refractivity contribution >= 4 is 28.6 Å². The Morgan fingerprint density at radius 1 is 0.963 bits per heavy atom. The predicted molar refractivity (Wildman–Crippen MR) is 104 cm³/mol. The number of carbonyl (C=O) groups excluding carboxylic acids is 1. The molecule has 1 N–H and O–H groups in total. The van der Waals surface area contributed by atoms with E-state index in [0.29, 0.717) is 28.2 Å². The molecule has 3 aromatic rings. The summed E-state index contributed by atoms with van der Waals surface area (Å²) >= 11 is 1.50. The third-order valence-corrected chi connectivity index (χ3v) is 6.24. The van der Waals surface area contributed by atoms with Crippen LogP contribution in [0.4, 0.5) is 5.82 Å². The number of benzene rings is 1. The van der Waals surface area contributed by atoms with Crippen LogP contribution in [0.25, 0.3) is 5.70 Å². The Kier molecular flexibility index (Phi) is 3.21. The van der Waals surface area contributed by atoms with Crippen molar-refractivity contribution in [3.05, 3.63) is 89.8 Å².